The van der Waals surface area contributed by atoms with Gasteiger partial charge >= 0.3 is 0 Å². The van der Waals surface area contributed by atoms with Gasteiger partial charge in [0, 0.05) is 13.0 Å². The number of hydrogen-bond acceptors (Lipinski definition) is 2. The van der Waals surface area contributed by atoms with Crippen molar-refractivity contribution in [2.24, 2.45) is 5.73 Å². The van der Waals surface area contributed by atoms with Crippen molar-refractivity contribution in [2.45, 2.75) is 77.0 Å². The zero-order valence-corrected chi connectivity index (χ0v) is 11.1. The van der Waals surface area contributed by atoms with Crippen LogP contribution in [0.3, 0.4) is 0 Å². The predicted octanol–water partition coefficient (Wildman–Crippen LogP) is 3.15. The summed E-state index contributed by atoms with van der Waals surface area (Å²) in [4.78, 5) is 10.5. The maximum absolute atomic E-state index is 10.5. The highest BCUT2D eigenvalue weighted by atomic mass is 16.2. The van der Waals surface area contributed by atoms with Crippen LogP contribution >= 0.6 is 0 Å². The number of hydrogen-bond donors (Lipinski definition) is 2. The fraction of sp³-hybridized carbons (Fsp3) is 0.929. The quantitative estimate of drug-likeness (QED) is 0.488. The zero-order valence-electron chi connectivity index (χ0n) is 11.1. The molecule has 0 bridgehead atoms. The average Bonchev–Trinajstić information content (AvgIpc) is 2.30. The minimum Gasteiger partial charge on any atom is -0.396 e. The number of rotatable bonds is 13. The van der Waals surface area contributed by atoms with E-state index in [4.69, 9.17) is 10.8 Å². The topological polar surface area (TPSA) is 63.3 Å². The molecule has 17 heavy (non-hydrogen) atoms. The second-order valence-corrected chi connectivity index (χ2v) is 4.83. The highest BCUT2D eigenvalue weighted by molar-refractivity contribution is 5.73. The lowest BCUT2D eigenvalue weighted by Gasteiger charge is -2.02. The Labute approximate surface area is 106 Å². The first-order chi connectivity index (χ1) is 8.27. The smallest absolute Gasteiger partial charge is 0.217 e. The number of aliphatic hydroxyl groups is 1. The first-order valence-corrected chi connectivity index (χ1v) is 7.16. The van der Waals surface area contributed by atoms with Crippen LogP contribution in [0.2, 0.25) is 0 Å². The van der Waals surface area contributed by atoms with Crippen LogP contribution in [-0.4, -0.2) is 17.6 Å². The van der Waals surface area contributed by atoms with Crippen molar-refractivity contribution in [3.05, 3.63) is 0 Å². The van der Waals surface area contributed by atoms with Crippen molar-refractivity contribution in [2.75, 3.05) is 6.61 Å². The van der Waals surface area contributed by atoms with Crippen LogP contribution in [0.1, 0.15) is 77.0 Å². The maximum Gasteiger partial charge on any atom is 0.217 e. The van der Waals surface area contributed by atoms with Crippen LogP contribution in [0, 0.1) is 0 Å². The van der Waals surface area contributed by atoms with E-state index in [1.54, 1.807) is 0 Å². The monoisotopic (exact) mass is 243 g/mol. The predicted molar refractivity (Wildman–Crippen MR) is 71.7 cm³/mol. The molecule has 0 aromatic rings. The number of aliphatic hydroxyl groups excluding tert-OH is 1. The number of nitrogens with two attached hydrogens (primary N) is 1. The van der Waals surface area contributed by atoms with Gasteiger partial charge in [-0.3, -0.25) is 4.79 Å². The molecule has 0 aliphatic heterocycles. The summed E-state index contributed by atoms with van der Waals surface area (Å²) in [6.45, 7) is 0.339. The van der Waals surface area contributed by atoms with E-state index in [9.17, 15) is 4.79 Å². The average molecular weight is 243 g/mol. The first kappa shape index (κ1) is 16.4. The molecule has 0 aromatic heterocycles. The molecule has 0 rings (SSSR count). The molecular weight excluding hydrogens is 214 g/mol. The van der Waals surface area contributed by atoms with Gasteiger partial charge in [-0.05, 0) is 12.8 Å². The summed E-state index contributed by atoms with van der Waals surface area (Å²) in [7, 11) is 0. The van der Waals surface area contributed by atoms with Crippen molar-refractivity contribution in [1.29, 1.82) is 0 Å². The molecule has 102 valence electrons. The number of carbonyl (C=O) groups excluding carboxylic acids is 1. The van der Waals surface area contributed by atoms with Gasteiger partial charge < -0.3 is 10.8 Å². The van der Waals surface area contributed by atoms with Crippen molar-refractivity contribution in [3.63, 3.8) is 0 Å². The Morgan fingerprint density at radius 2 is 1.06 bits per heavy atom. The van der Waals surface area contributed by atoms with Crippen LogP contribution in [0.5, 0.6) is 0 Å². The Morgan fingerprint density at radius 1 is 0.706 bits per heavy atom. The van der Waals surface area contributed by atoms with Gasteiger partial charge in [0.1, 0.15) is 0 Å². The van der Waals surface area contributed by atoms with E-state index in [1.165, 1.54) is 51.4 Å². The largest absolute Gasteiger partial charge is 0.396 e. The van der Waals surface area contributed by atoms with Gasteiger partial charge in [-0.2, -0.15) is 0 Å². The molecule has 0 aromatic carbocycles. The Balaban J connectivity index is 2.91. The normalized spacial score (nSPS) is 10.6. The summed E-state index contributed by atoms with van der Waals surface area (Å²) in [5.41, 5.74) is 5.07. The Morgan fingerprint density at radius 3 is 1.41 bits per heavy atom. The number of unbranched alkanes of at least 4 members (excludes halogenated alkanes) is 10. The molecule has 0 atom stereocenters. The zero-order chi connectivity index (χ0) is 12.8. The summed E-state index contributed by atoms with van der Waals surface area (Å²) in [6, 6.07) is 0. The second-order valence-electron chi connectivity index (χ2n) is 4.83. The number of primary amides is 1. The van der Waals surface area contributed by atoms with Gasteiger partial charge in [0.15, 0.2) is 0 Å². The molecule has 0 fully saturated rings. The van der Waals surface area contributed by atoms with E-state index in [1.807, 2.05) is 0 Å². The molecule has 0 saturated heterocycles. The van der Waals surface area contributed by atoms with E-state index in [-0.39, 0.29) is 5.91 Å². The molecule has 0 radical (unpaired) electrons. The number of amides is 1. The third-order valence-electron chi connectivity index (χ3n) is 3.08. The van der Waals surface area contributed by atoms with Gasteiger partial charge in [-0.1, -0.05) is 57.8 Å². The molecule has 1 amide bonds. The van der Waals surface area contributed by atoms with E-state index in [2.05, 4.69) is 0 Å². The number of carbonyl (C=O) groups is 1. The van der Waals surface area contributed by atoms with E-state index in [0.717, 1.165) is 19.3 Å². The Hall–Kier alpha value is -0.570. The fourth-order valence-corrected chi connectivity index (χ4v) is 2.00. The third kappa shape index (κ3) is 15.4. The highest BCUT2D eigenvalue weighted by Gasteiger charge is 1.95. The van der Waals surface area contributed by atoms with Crippen molar-refractivity contribution in [1.82, 2.24) is 0 Å². The lowest BCUT2D eigenvalue weighted by molar-refractivity contribution is -0.118. The SMILES string of the molecule is NC(=O)CCCCCCCCCCCCCO. The second kappa shape index (κ2) is 13.5. The van der Waals surface area contributed by atoms with Crippen LogP contribution < -0.4 is 5.73 Å². The highest BCUT2D eigenvalue weighted by Crippen LogP contribution is 2.11. The molecule has 0 aliphatic rings. The molecule has 3 heteroatoms. The molecule has 0 unspecified atom stereocenters. The van der Waals surface area contributed by atoms with E-state index < -0.39 is 0 Å². The lowest BCUT2D eigenvalue weighted by Crippen LogP contribution is -2.09. The van der Waals surface area contributed by atoms with E-state index in [0.29, 0.717) is 13.0 Å². The van der Waals surface area contributed by atoms with Crippen LogP contribution in [-0.2, 0) is 4.79 Å². The molecule has 3 nitrogen and oxygen atoms in total. The summed E-state index contributed by atoms with van der Waals surface area (Å²) in [5, 5.41) is 8.62. The van der Waals surface area contributed by atoms with Gasteiger partial charge in [0.05, 0.1) is 0 Å². The fourth-order valence-electron chi connectivity index (χ4n) is 2.00. The minimum absolute atomic E-state index is 0.173. The van der Waals surface area contributed by atoms with Crippen molar-refractivity contribution >= 4 is 5.91 Å². The van der Waals surface area contributed by atoms with Crippen LogP contribution in [0.4, 0.5) is 0 Å². The molecule has 3 N–H and O–H groups in total. The first-order valence-electron chi connectivity index (χ1n) is 7.16. The molecule has 0 saturated carbocycles. The van der Waals surface area contributed by atoms with Crippen molar-refractivity contribution < 1.29 is 9.90 Å². The maximum atomic E-state index is 10.5. The summed E-state index contributed by atoms with van der Waals surface area (Å²) in [5.74, 6) is -0.173. The van der Waals surface area contributed by atoms with Gasteiger partial charge in [0.2, 0.25) is 5.91 Å². The van der Waals surface area contributed by atoms with Gasteiger partial charge in [-0.15, -0.1) is 0 Å². The van der Waals surface area contributed by atoms with Crippen LogP contribution in [0.15, 0.2) is 0 Å². The third-order valence-corrected chi connectivity index (χ3v) is 3.08. The summed E-state index contributed by atoms with van der Waals surface area (Å²) >= 11 is 0. The van der Waals surface area contributed by atoms with Crippen LogP contribution in [0.25, 0.3) is 0 Å². The summed E-state index contributed by atoms with van der Waals surface area (Å²) in [6.07, 6.45) is 13.8. The molecule has 0 aliphatic carbocycles. The molecule has 0 spiro atoms. The van der Waals surface area contributed by atoms with E-state index >= 15 is 0 Å². The van der Waals surface area contributed by atoms with Crippen molar-refractivity contribution in [3.8, 4) is 0 Å². The molecule has 0 heterocycles. The van der Waals surface area contributed by atoms with Gasteiger partial charge in [-0.25, -0.2) is 0 Å². The standard InChI is InChI=1S/C14H29NO2/c15-14(17)12-10-8-6-4-2-1-3-5-7-9-11-13-16/h16H,1-13H2,(H2,15,17). The van der Waals surface area contributed by atoms with Gasteiger partial charge in [0.25, 0.3) is 0 Å². The molecular formula is C14H29NO2. The minimum atomic E-state index is -0.173. The Bertz CT molecular complexity index is 172. The Kier molecular flexibility index (Phi) is 13.0. The summed E-state index contributed by atoms with van der Waals surface area (Å²) < 4.78 is 0. The lowest BCUT2D eigenvalue weighted by atomic mass is 10.1.